The standard InChI is InChI=1S/C13H17N3O3S/c1-16-10-12(9-15-16)19-6-7-20(17,18)13-4-2-11(8-14)3-5-13/h2-5,9-10H,6-8,14H2,1H3. The molecule has 0 aliphatic heterocycles. The average Bonchev–Trinajstić information content (AvgIpc) is 2.84. The second-order valence-corrected chi connectivity index (χ2v) is 6.47. The van der Waals surface area contributed by atoms with Crippen LogP contribution in [-0.2, 0) is 23.4 Å². The van der Waals surface area contributed by atoms with Gasteiger partial charge in [0.05, 0.1) is 23.0 Å². The maximum atomic E-state index is 12.1. The molecule has 1 heterocycles. The van der Waals surface area contributed by atoms with Crippen molar-refractivity contribution >= 4 is 9.84 Å². The summed E-state index contributed by atoms with van der Waals surface area (Å²) >= 11 is 0. The first-order chi connectivity index (χ1) is 9.51. The van der Waals surface area contributed by atoms with Crippen molar-refractivity contribution in [3.05, 3.63) is 42.2 Å². The smallest absolute Gasteiger partial charge is 0.181 e. The summed E-state index contributed by atoms with van der Waals surface area (Å²) in [4.78, 5) is 0.282. The van der Waals surface area contributed by atoms with Crippen LogP contribution in [0.3, 0.4) is 0 Å². The number of aromatic nitrogens is 2. The molecular weight excluding hydrogens is 278 g/mol. The molecule has 0 aliphatic rings. The maximum absolute atomic E-state index is 12.1. The number of rotatable bonds is 6. The Balaban J connectivity index is 1.96. The molecule has 20 heavy (non-hydrogen) atoms. The number of hydrogen-bond donors (Lipinski definition) is 1. The van der Waals surface area contributed by atoms with Crippen molar-refractivity contribution in [2.24, 2.45) is 12.8 Å². The van der Waals surface area contributed by atoms with Crippen LogP contribution in [0.1, 0.15) is 5.56 Å². The normalized spacial score (nSPS) is 11.5. The molecule has 0 fully saturated rings. The zero-order chi connectivity index (χ0) is 14.6. The fourth-order valence-corrected chi connectivity index (χ4v) is 2.78. The monoisotopic (exact) mass is 295 g/mol. The lowest BCUT2D eigenvalue weighted by atomic mass is 10.2. The van der Waals surface area contributed by atoms with Crippen LogP contribution in [0.15, 0.2) is 41.6 Å². The first kappa shape index (κ1) is 14.5. The summed E-state index contributed by atoms with van der Waals surface area (Å²) in [5.74, 6) is 0.477. The molecule has 7 heteroatoms. The van der Waals surface area contributed by atoms with E-state index in [9.17, 15) is 8.42 Å². The Bertz CT molecular complexity index is 662. The quantitative estimate of drug-likeness (QED) is 0.849. The number of nitrogens with two attached hydrogens (primary N) is 1. The van der Waals surface area contributed by atoms with Crippen LogP contribution in [-0.4, -0.2) is 30.6 Å². The van der Waals surface area contributed by atoms with Crippen molar-refractivity contribution in [2.75, 3.05) is 12.4 Å². The van der Waals surface area contributed by atoms with Crippen LogP contribution in [0.5, 0.6) is 5.75 Å². The Hall–Kier alpha value is -1.86. The van der Waals surface area contributed by atoms with E-state index in [0.29, 0.717) is 12.3 Å². The fourth-order valence-electron chi connectivity index (χ4n) is 1.69. The number of aryl methyl sites for hydroxylation is 1. The van der Waals surface area contributed by atoms with E-state index < -0.39 is 9.84 Å². The first-order valence-electron chi connectivity index (χ1n) is 6.14. The number of benzene rings is 1. The van der Waals surface area contributed by atoms with Gasteiger partial charge in [0.15, 0.2) is 15.6 Å². The van der Waals surface area contributed by atoms with Crippen molar-refractivity contribution in [2.45, 2.75) is 11.4 Å². The molecule has 0 spiro atoms. The molecule has 1 aromatic heterocycles. The summed E-state index contributed by atoms with van der Waals surface area (Å²) < 4.78 is 31.1. The van der Waals surface area contributed by atoms with Gasteiger partial charge in [-0.3, -0.25) is 4.68 Å². The Labute approximate surface area is 118 Å². The summed E-state index contributed by atoms with van der Waals surface area (Å²) in [6.07, 6.45) is 3.23. The molecule has 108 valence electrons. The third-order valence-electron chi connectivity index (χ3n) is 2.82. The molecule has 0 aliphatic carbocycles. The van der Waals surface area contributed by atoms with Crippen molar-refractivity contribution < 1.29 is 13.2 Å². The van der Waals surface area contributed by atoms with Gasteiger partial charge in [0.1, 0.15) is 6.61 Å². The molecule has 2 rings (SSSR count). The van der Waals surface area contributed by atoms with Gasteiger partial charge in [0.2, 0.25) is 0 Å². The molecule has 1 aromatic carbocycles. The molecule has 0 amide bonds. The van der Waals surface area contributed by atoms with Crippen molar-refractivity contribution in [3.8, 4) is 5.75 Å². The molecular formula is C13H17N3O3S. The number of hydrogen-bond acceptors (Lipinski definition) is 5. The first-order valence-corrected chi connectivity index (χ1v) is 7.80. The van der Waals surface area contributed by atoms with Crippen LogP contribution in [0.4, 0.5) is 0 Å². The minimum Gasteiger partial charge on any atom is -0.489 e. The third kappa shape index (κ3) is 3.58. The molecule has 6 nitrogen and oxygen atoms in total. The minimum atomic E-state index is -3.34. The van der Waals surface area contributed by atoms with E-state index in [0.717, 1.165) is 5.56 Å². The molecule has 2 aromatic rings. The highest BCUT2D eigenvalue weighted by Gasteiger charge is 2.14. The second-order valence-electron chi connectivity index (χ2n) is 4.37. The predicted octanol–water partition coefficient (Wildman–Crippen LogP) is 0.731. The van der Waals surface area contributed by atoms with E-state index >= 15 is 0 Å². The van der Waals surface area contributed by atoms with Crippen LogP contribution < -0.4 is 10.5 Å². The van der Waals surface area contributed by atoms with Crippen LogP contribution in [0, 0.1) is 0 Å². The van der Waals surface area contributed by atoms with Gasteiger partial charge in [-0.15, -0.1) is 0 Å². The number of ether oxygens (including phenoxy) is 1. The van der Waals surface area contributed by atoms with Gasteiger partial charge in [-0.25, -0.2) is 8.42 Å². The van der Waals surface area contributed by atoms with Gasteiger partial charge >= 0.3 is 0 Å². The van der Waals surface area contributed by atoms with Crippen molar-refractivity contribution in [3.63, 3.8) is 0 Å². The van der Waals surface area contributed by atoms with Gasteiger partial charge in [-0.2, -0.15) is 5.10 Å². The molecule has 0 bridgehead atoms. The van der Waals surface area contributed by atoms with Gasteiger partial charge < -0.3 is 10.5 Å². The summed E-state index contributed by atoms with van der Waals surface area (Å²) in [6.45, 7) is 0.483. The predicted molar refractivity (Wildman–Crippen MR) is 75.1 cm³/mol. The van der Waals surface area contributed by atoms with E-state index in [1.807, 2.05) is 0 Å². The fraction of sp³-hybridized carbons (Fsp3) is 0.308. The second kappa shape index (κ2) is 6.06. The van der Waals surface area contributed by atoms with E-state index in [-0.39, 0.29) is 17.3 Å². The summed E-state index contributed by atoms with van der Waals surface area (Å²) in [5, 5.41) is 3.94. The zero-order valence-electron chi connectivity index (χ0n) is 11.2. The van der Waals surface area contributed by atoms with Crippen LogP contribution in [0.25, 0.3) is 0 Å². The van der Waals surface area contributed by atoms with Gasteiger partial charge in [0.25, 0.3) is 0 Å². The summed E-state index contributed by atoms with van der Waals surface area (Å²) in [7, 11) is -1.58. The molecule has 2 N–H and O–H groups in total. The molecule has 0 saturated heterocycles. The van der Waals surface area contributed by atoms with Crippen molar-refractivity contribution in [1.82, 2.24) is 9.78 Å². The minimum absolute atomic E-state index is 0.0795. The highest BCUT2D eigenvalue weighted by atomic mass is 32.2. The Morgan fingerprint density at radius 3 is 2.55 bits per heavy atom. The number of sulfone groups is 1. The topological polar surface area (TPSA) is 87.2 Å². The van der Waals surface area contributed by atoms with Crippen molar-refractivity contribution in [1.29, 1.82) is 0 Å². The Morgan fingerprint density at radius 2 is 2.00 bits per heavy atom. The highest BCUT2D eigenvalue weighted by molar-refractivity contribution is 7.91. The summed E-state index contributed by atoms with van der Waals surface area (Å²) in [5.41, 5.74) is 6.38. The third-order valence-corrected chi connectivity index (χ3v) is 4.51. The molecule has 0 saturated carbocycles. The van der Waals surface area contributed by atoms with Crippen LogP contribution in [0.2, 0.25) is 0 Å². The van der Waals surface area contributed by atoms with Gasteiger partial charge in [-0.05, 0) is 17.7 Å². The highest BCUT2D eigenvalue weighted by Crippen LogP contribution is 2.13. The number of nitrogens with zero attached hydrogens (tertiary/aromatic N) is 2. The summed E-state index contributed by atoms with van der Waals surface area (Å²) in [6, 6.07) is 6.58. The van der Waals surface area contributed by atoms with Gasteiger partial charge in [-0.1, -0.05) is 12.1 Å². The Kier molecular flexibility index (Phi) is 4.41. The largest absolute Gasteiger partial charge is 0.489 e. The zero-order valence-corrected chi connectivity index (χ0v) is 12.0. The molecule has 0 radical (unpaired) electrons. The lowest BCUT2D eigenvalue weighted by molar-refractivity contribution is 0.340. The van der Waals surface area contributed by atoms with Gasteiger partial charge in [0, 0.05) is 13.6 Å². The van der Waals surface area contributed by atoms with E-state index in [2.05, 4.69) is 5.10 Å². The lowest BCUT2D eigenvalue weighted by Gasteiger charge is -2.06. The maximum Gasteiger partial charge on any atom is 0.181 e. The van der Waals surface area contributed by atoms with E-state index in [1.165, 1.54) is 0 Å². The average molecular weight is 295 g/mol. The Morgan fingerprint density at radius 1 is 1.30 bits per heavy atom. The SMILES string of the molecule is Cn1cc(OCCS(=O)(=O)c2ccc(CN)cc2)cn1. The van der Waals surface area contributed by atoms with Crippen LogP contribution >= 0.6 is 0 Å². The van der Waals surface area contributed by atoms with E-state index in [4.69, 9.17) is 10.5 Å². The molecule has 0 unspecified atom stereocenters. The van der Waals surface area contributed by atoms with E-state index in [1.54, 1.807) is 48.4 Å². The molecule has 0 atom stereocenters. The lowest BCUT2D eigenvalue weighted by Crippen LogP contribution is -2.14.